The van der Waals surface area contributed by atoms with Gasteiger partial charge in [0.15, 0.2) is 6.29 Å². The molecule has 19 heavy (non-hydrogen) atoms. The molecule has 2 aromatic rings. The molecule has 1 aromatic heterocycles. The van der Waals surface area contributed by atoms with Crippen LogP contribution in [0.25, 0.3) is 11.3 Å². The Kier molecular flexibility index (Phi) is 3.59. The zero-order chi connectivity index (χ0) is 14.0. The van der Waals surface area contributed by atoms with E-state index in [1.165, 1.54) is 4.68 Å². The molecule has 96 valence electrons. The SMILES string of the molecule is C#CCn1nc(-c2ccc(Cl)c(C)c2)c(C=O)c1N. The molecule has 0 atom stereocenters. The molecule has 0 aliphatic carbocycles. The quantitative estimate of drug-likeness (QED) is 0.690. The first-order chi connectivity index (χ1) is 9.08. The summed E-state index contributed by atoms with van der Waals surface area (Å²) < 4.78 is 1.43. The van der Waals surface area contributed by atoms with Gasteiger partial charge in [0.1, 0.15) is 18.1 Å². The fraction of sp³-hybridized carbons (Fsp3) is 0.143. The predicted octanol–water partition coefficient (Wildman–Crippen LogP) is 2.54. The van der Waals surface area contributed by atoms with Crippen molar-refractivity contribution in [3.05, 3.63) is 34.3 Å². The minimum absolute atomic E-state index is 0.221. The van der Waals surface area contributed by atoms with E-state index < -0.39 is 0 Å². The molecule has 0 saturated heterocycles. The number of anilines is 1. The van der Waals surface area contributed by atoms with Crippen LogP contribution < -0.4 is 5.73 Å². The van der Waals surface area contributed by atoms with Crippen molar-refractivity contribution in [2.45, 2.75) is 13.5 Å². The lowest BCUT2D eigenvalue weighted by Crippen LogP contribution is -2.03. The van der Waals surface area contributed by atoms with Crippen molar-refractivity contribution in [1.82, 2.24) is 9.78 Å². The van der Waals surface area contributed by atoms with Gasteiger partial charge in [0.05, 0.1) is 5.56 Å². The predicted molar refractivity (Wildman–Crippen MR) is 76.0 cm³/mol. The van der Waals surface area contributed by atoms with Crippen LogP contribution in [0.3, 0.4) is 0 Å². The van der Waals surface area contributed by atoms with Gasteiger partial charge >= 0.3 is 0 Å². The number of hydrogen-bond acceptors (Lipinski definition) is 3. The number of carbonyl (C=O) groups is 1. The second-order valence-corrected chi connectivity index (χ2v) is 4.50. The number of nitrogen functional groups attached to an aromatic ring is 1. The summed E-state index contributed by atoms with van der Waals surface area (Å²) in [6, 6.07) is 5.42. The third-order valence-electron chi connectivity index (χ3n) is 2.82. The van der Waals surface area contributed by atoms with Gasteiger partial charge < -0.3 is 5.73 Å². The van der Waals surface area contributed by atoms with E-state index in [9.17, 15) is 4.79 Å². The van der Waals surface area contributed by atoms with E-state index in [4.69, 9.17) is 23.8 Å². The number of terminal acetylenes is 1. The minimum atomic E-state index is 0.221. The lowest BCUT2D eigenvalue weighted by molar-refractivity contribution is 0.112. The highest BCUT2D eigenvalue weighted by Crippen LogP contribution is 2.28. The molecule has 0 radical (unpaired) electrons. The van der Waals surface area contributed by atoms with Crippen molar-refractivity contribution in [2.24, 2.45) is 0 Å². The van der Waals surface area contributed by atoms with Crippen molar-refractivity contribution >= 4 is 23.7 Å². The Morgan fingerprint density at radius 2 is 2.32 bits per heavy atom. The molecule has 0 bridgehead atoms. The molecule has 2 rings (SSSR count). The summed E-state index contributed by atoms with van der Waals surface area (Å²) in [6.45, 7) is 2.10. The van der Waals surface area contributed by atoms with Gasteiger partial charge in [-0.2, -0.15) is 5.10 Å². The van der Waals surface area contributed by atoms with E-state index in [1.807, 2.05) is 13.0 Å². The number of nitrogens with zero attached hydrogens (tertiary/aromatic N) is 2. The van der Waals surface area contributed by atoms with E-state index >= 15 is 0 Å². The Morgan fingerprint density at radius 1 is 1.58 bits per heavy atom. The van der Waals surface area contributed by atoms with Gasteiger partial charge in [-0.1, -0.05) is 23.6 Å². The first-order valence-corrected chi connectivity index (χ1v) is 5.97. The van der Waals surface area contributed by atoms with Gasteiger partial charge in [-0.25, -0.2) is 4.68 Å². The Bertz CT molecular complexity index is 683. The Hall–Kier alpha value is -2.25. The lowest BCUT2D eigenvalue weighted by atomic mass is 10.1. The molecule has 2 N–H and O–H groups in total. The number of benzene rings is 1. The maximum absolute atomic E-state index is 11.2. The van der Waals surface area contributed by atoms with E-state index in [0.717, 1.165) is 11.1 Å². The summed E-state index contributed by atoms with van der Waals surface area (Å²) in [4.78, 5) is 11.2. The van der Waals surface area contributed by atoms with Crippen LogP contribution in [0, 0.1) is 19.3 Å². The summed E-state index contributed by atoms with van der Waals surface area (Å²) >= 11 is 5.98. The smallest absolute Gasteiger partial charge is 0.156 e. The van der Waals surface area contributed by atoms with E-state index in [1.54, 1.807) is 12.1 Å². The second-order valence-electron chi connectivity index (χ2n) is 4.09. The van der Waals surface area contributed by atoms with Gasteiger partial charge in [0, 0.05) is 10.6 Å². The van der Waals surface area contributed by atoms with Crippen LogP contribution in [-0.4, -0.2) is 16.1 Å². The summed E-state index contributed by atoms with van der Waals surface area (Å²) in [5.74, 6) is 2.72. The van der Waals surface area contributed by atoms with Crippen LogP contribution in [0.5, 0.6) is 0 Å². The fourth-order valence-electron chi connectivity index (χ4n) is 1.82. The number of rotatable bonds is 3. The van der Waals surface area contributed by atoms with Gasteiger partial charge in [-0.15, -0.1) is 6.42 Å². The van der Waals surface area contributed by atoms with E-state index in [0.29, 0.717) is 22.6 Å². The van der Waals surface area contributed by atoms with Crippen molar-refractivity contribution in [3.63, 3.8) is 0 Å². The Labute approximate surface area is 116 Å². The standard InChI is InChI=1S/C14H12ClN3O/c1-3-6-18-14(16)11(8-19)13(17-18)10-4-5-12(15)9(2)7-10/h1,4-5,7-8H,6,16H2,2H3. The van der Waals surface area contributed by atoms with E-state index in [-0.39, 0.29) is 12.4 Å². The Morgan fingerprint density at radius 3 is 2.89 bits per heavy atom. The van der Waals surface area contributed by atoms with Crippen LogP contribution in [0.15, 0.2) is 18.2 Å². The van der Waals surface area contributed by atoms with Gasteiger partial charge in [-0.3, -0.25) is 4.79 Å². The van der Waals surface area contributed by atoms with Crippen molar-refractivity contribution < 1.29 is 4.79 Å². The summed E-state index contributed by atoms with van der Waals surface area (Å²) in [7, 11) is 0. The van der Waals surface area contributed by atoms with Crippen molar-refractivity contribution in [2.75, 3.05) is 5.73 Å². The fourth-order valence-corrected chi connectivity index (χ4v) is 1.93. The number of aromatic nitrogens is 2. The first kappa shape index (κ1) is 13.2. The maximum Gasteiger partial charge on any atom is 0.156 e. The second kappa shape index (κ2) is 5.17. The minimum Gasteiger partial charge on any atom is -0.383 e. The molecule has 0 saturated carbocycles. The molecule has 5 heteroatoms. The number of carbonyl (C=O) groups excluding carboxylic acids is 1. The normalized spacial score (nSPS) is 10.2. The molecule has 0 aliphatic heterocycles. The molecule has 1 aromatic carbocycles. The molecular formula is C14H12ClN3O. The average molecular weight is 274 g/mol. The average Bonchev–Trinajstić information content (AvgIpc) is 2.70. The molecule has 4 nitrogen and oxygen atoms in total. The molecule has 0 fully saturated rings. The van der Waals surface area contributed by atoms with Gasteiger partial charge in [0.2, 0.25) is 0 Å². The van der Waals surface area contributed by atoms with Gasteiger partial charge in [-0.05, 0) is 24.6 Å². The summed E-state index contributed by atoms with van der Waals surface area (Å²) in [6.07, 6.45) is 5.93. The highest BCUT2D eigenvalue weighted by atomic mass is 35.5. The molecule has 0 unspecified atom stereocenters. The summed E-state index contributed by atoms with van der Waals surface area (Å²) in [5.41, 5.74) is 8.40. The van der Waals surface area contributed by atoms with Crippen LogP contribution in [0.4, 0.5) is 5.82 Å². The number of halogens is 1. The third-order valence-corrected chi connectivity index (χ3v) is 3.24. The van der Waals surface area contributed by atoms with Gasteiger partial charge in [0.25, 0.3) is 0 Å². The summed E-state index contributed by atoms with van der Waals surface area (Å²) in [5, 5.41) is 4.95. The maximum atomic E-state index is 11.2. The molecule has 1 heterocycles. The number of aryl methyl sites for hydroxylation is 1. The number of hydrogen-bond donors (Lipinski definition) is 1. The van der Waals surface area contributed by atoms with Crippen molar-refractivity contribution in [3.8, 4) is 23.6 Å². The highest BCUT2D eigenvalue weighted by Gasteiger charge is 2.16. The monoisotopic (exact) mass is 273 g/mol. The van der Waals surface area contributed by atoms with Crippen LogP contribution in [0.2, 0.25) is 5.02 Å². The van der Waals surface area contributed by atoms with Crippen molar-refractivity contribution in [1.29, 1.82) is 0 Å². The number of nitrogens with two attached hydrogens (primary N) is 1. The first-order valence-electron chi connectivity index (χ1n) is 5.60. The van der Waals surface area contributed by atoms with Crippen LogP contribution >= 0.6 is 11.6 Å². The molecular weight excluding hydrogens is 262 g/mol. The largest absolute Gasteiger partial charge is 0.383 e. The topological polar surface area (TPSA) is 60.9 Å². The Balaban J connectivity index is 2.61. The van der Waals surface area contributed by atoms with Crippen LogP contribution in [-0.2, 0) is 6.54 Å². The molecule has 0 spiro atoms. The van der Waals surface area contributed by atoms with E-state index in [2.05, 4.69) is 11.0 Å². The number of aldehydes is 1. The zero-order valence-corrected chi connectivity index (χ0v) is 11.1. The zero-order valence-electron chi connectivity index (χ0n) is 10.4. The van der Waals surface area contributed by atoms with Crippen LogP contribution in [0.1, 0.15) is 15.9 Å². The third kappa shape index (κ3) is 2.33. The lowest BCUT2D eigenvalue weighted by Gasteiger charge is -2.02. The molecule has 0 aliphatic rings. The molecule has 0 amide bonds. The highest BCUT2D eigenvalue weighted by molar-refractivity contribution is 6.31.